The van der Waals surface area contributed by atoms with Crippen LogP contribution in [0.4, 0.5) is 22.1 Å². The fourth-order valence-electron chi connectivity index (χ4n) is 5.14. The largest absolute Gasteiger partial charge is 0.465 e. The maximum Gasteiger partial charge on any atom is 0.411 e. The van der Waals surface area contributed by atoms with E-state index in [0.717, 1.165) is 31.6 Å². The van der Waals surface area contributed by atoms with Crippen molar-refractivity contribution in [3.63, 3.8) is 0 Å². The predicted octanol–water partition coefficient (Wildman–Crippen LogP) is 4.11. The van der Waals surface area contributed by atoms with E-state index in [4.69, 9.17) is 5.11 Å². The minimum absolute atomic E-state index is 0.0784. The number of aliphatic hydroxyl groups is 1. The van der Waals surface area contributed by atoms with Crippen LogP contribution in [0.5, 0.6) is 0 Å². The summed E-state index contributed by atoms with van der Waals surface area (Å²) in [6, 6.07) is 19.9. The Kier molecular flexibility index (Phi) is 4.75. The van der Waals surface area contributed by atoms with Gasteiger partial charge < -0.3 is 20.1 Å². The first-order chi connectivity index (χ1) is 16.9. The lowest BCUT2D eigenvalue weighted by molar-refractivity contribution is 0.0704. The van der Waals surface area contributed by atoms with E-state index in [0.29, 0.717) is 33.4 Å². The smallest absolute Gasteiger partial charge is 0.411 e. The summed E-state index contributed by atoms with van der Waals surface area (Å²) in [7, 11) is 0. The lowest BCUT2D eigenvalue weighted by atomic mass is 9.93. The molecule has 1 atom stereocenters. The lowest BCUT2D eigenvalue weighted by Crippen LogP contribution is -2.45. The molecule has 0 bridgehead atoms. The molecule has 9 heteroatoms. The molecule has 1 aromatic heterocycles. The number of benzene rings is 3. The maximum absolute atomic E-state index is 13.7. The van der Waals surface area contributed by atoms with E-state index in [1.165, 1.54) is 4.90 Å². The van der Waals surface area contributed by atoms with E-state index >= 15 is 0 Å². The van der Waals surface area contributed by atoms with E-state index in [-0.39, 0.29) is 11.9 Å². The molecule has 176 valence electrons. The van der Waals surface area contributed by atoms with Gasteiger partial charge in [-0.1, -0.05) is 30.3 Å². The topological polar surface area (TPSA) is 122 Å². The van der Waals surface area contributed by atoms with Gasteiger partial charge in [-0.25, -0.2) is 9.78 Å². The quantitative estimate of drug-likeness (QED) is 0.357. The fourth-order valence-corrected chi connectivity index (χ4v) is 5.14. The van der Waals surface area contributed by atoms with Gasteiger partial charge >= 0.3 is 6.09 Å². The van der Waals surface area contributed by atoms with E-state index in [1.807, 2.05) is 24.3 Å². The van der Waals surface area contributed by atoms with Gasteiger partial charge in [0, 0.05) is 41.2 Å². The first-order valence-corrected chi connectivity index (χ1v) is 11.5. The second-order valence-corrected chi connectivity index (χ2v) is 8.82. The van der Waals surface area contributed by atoms with Gasteiger partial charge in [0.05, 0.1) is 11.0 Å². The Morgan fingerprint density at radius 2 is 1.77 bits per heavy atom. The molecule has 6 rings (SSSR count). The van der Waals surface area contributed by atoms with Crippen molar-refractivity contribution in [2.24, 2.45) is 0 Å². The number of amides is 2. The van der Waals surface area contributed by atoms with Gasteiger partial charge in [-0.15, -0.1) is 0 Å². The van der Waals surface area contributed by atoms with Crippen molar-refractivity contribution in [2.75, 3.05) is 28.2 Å². The molecule has 35 heavy (non-hydrogen) atoms. The fraction of sp³-hybridized carbons (Fsp3) is 0.192. The number of imidazole rings is 1. The van der Waals surface area contributed by atoms with Gasteiger partial charge in [0.2, 0.25) is 5.95 Å². The third kappa shape index (κ3) is 3.31. The van der Waals surface area contributed by atoms with Gasteiger partial charge in [0.1, 0.15) is 0 Å². The molecule has 2 aliphatic heterocycles. The van der Waals surface area contributed by atoms with Gasteiger partial charge in [-0.2, -0.15) is 0 Å². The molecule has 0 radical (unpaired) electrons. The Bertz CT molecular complexity index is 1480. The summed E-state index contributed by atoms with van der Waals surface area (Å²) in [4.78, 5) is 35.6. The number of carbonyl (C=O) groups excluding carboxylic acids is 1. The van der Waals surface area contributed by atoms with Gasteiger partial charge in [0.25, 0.3) is 5.91 Å². The average Bonchev–Trinajstić information content (AvgIpc) is 3.57. The summed E-state index contributed by atoms with van der Waals surface area (Å²) in [6.07, 6.45) is 1.03. The SMILES string of the molecule is O=C(O)Nc1nc2cc(C3(O)c4ccccc4C(=O)N3c3cccc(N4CCCC4)c3)ccc2[nH]1. The highest BCUT2D eigenvalue weighted by atomic mass is 16.4. The third-order valence-corrected chi connectivity index (χ3v) is 6.73. The van der Waals surface area contributed by atoms with Crippen LogP contribution in [0.25, 0.3) is 11.0 Å². The first-order valence-electron chi connectivity index (χ1n) is 11.5. The Balaban J connectivity index is 1.50. The van der Waals surface area contributed by atoms with Crippen LogP contribution in [0.2, 0.25) is 0 Å². The standard InChI is InChI=1S/C26H23N5O4/c32-23-19-8-1-2-9-20(19)26(35,16-10-11-21-22(14-16)28-24(27-21)29-25(33)34)31(23)18-7-5-6-17(15-18)30-12-3-4-13-30/h1-2,5-11,14-15,35H,3-4,12-13H2,(H,33,34)(H2,27,28,29). The highest BCUT2D eigenvalue weighted by molar-refractivity contribution is 6.12. The molecule has 3 heterocycles. The summed E-state index contributed by atoms with van der Waals surface area (Å²) in [5.74, 6) is -0.216. The number of aromatic amines is 1. The molecule has 1 saturated heterocycles. The molecule has 3 aromatic carbocycles. The maximum atomic E-state index is 13.7. The number of aromatic nitrogens is 2. The van der Waals surface area contributed by atoms with E-state index in [2.05, 4.69) is 20.2 Å². The van der Waals surface area contributed by atoms with E-state index in [1.54, 1.807) is 42.5 Å². The number of nitrogens with one attached hydrogen (secondary N) is 2. The van der Waals surface area contributed by atoms with Crippen LogP contribution in [-0.2, 0) is 5.72 Å². The number of hydrogen-bond donors (Lipinski definition) is 4. The van der Waals surface area contributed by atoms with Crippen LogP contribution < -0.4 is 15.1 Å². The zero-order chi connectivity index (χ0) is 24.2. The monoisotopic (exact) mass is 469 g/mol. The summed E-state index contributed by atoms with van der Waals surface area (Å²) in [5, 5.41) is 23.5. The van der Waals surface area contributed by atoms with Crippen molar-refractivity contribution in [1.29, 1.82) is 0 Å². The number of carboxylic acid groups (broad SMARTS) is 1. The number of nitrogens with zero attached hydrogens (tertiary/aromatic N) is 3. The molecule has 4 N–H and O–H groups in total. The highest BCUT2D eigenvalue weighted by Crippen LogP contribution is 2.46. The Morgan fingerprint density at radius 3 is 2.57 bits per heavy atom. The van der Waals surface area contributed by atoms with Crippen molar-refractivity contribution in [3.05, 3.63) is 83.4 Å². The summed E-state index contributed by atoms with van der Waals surface area (Å²) in [6.45, 7) is 1.93. The van der Waals surface area contributed by atoms with Crippen molar-refractivity contribution in [3.8, 4) is 0 Å². The van der Waals surface area contributed by atoms with E-state index in [9.17, 15) is 14.7 Å². The van der Waals surface area contributed by atoms with Crippen molar-refractivity contribution >= 4 is 40.4 Å². The molecule has 0 saturated carbocycles. The summed E-state index contributed by atoms with van der Waals surface area (Å²) < 4.78 is 0. The zero-order valence-corrected chi connectivity index (χ0v) is 18.7. The second kappa shape index (κ2) is 7.85. The molecule has 0 aliphatic carbocycles. The lowest BCUT2D eigenvalue weighted by Gasteiger charge is -2.35. The molecule has 2 amide bonds. The molecule has 0 spiro atoms. The summed E-state index contributed by atoms with van der Waals surface area (Å²) in [5.41, 5.74) is 2.25. The average molecular weight is 470 g/mol. The number of H-pyrrole nitrogens is 1. The summed E-state index contributed by atoms with van der Waals surface area (Å²) >= 11 is 0. The second-order valence-electron chi connectivity index (χ2n) is 8.82. The minimum atomic E-state index is -1.77. The van der Waals surface area contributed by atoms with Crippen LogP contribution >= 0.6 is 0 Å². The number of rotatable bonds is 4. The predicted molar refractivity (Wildman–Crippen MR) is 132 cm³/mol. The third-order valence-electron chi connectivity index (χ3n) is 6.73. The zero-order valence-electron chi connectivity index (χ0n) is 18.7. The van der Waals surface area contributed by atoms with Crippen LogP contribution in [0.15, 0.2) is 66.7 Å². The van der Waals surface area contributed by atoms with E-state index < -0.39 is 11.8 Å². The minimum Gasteiger partial charge on any atom is -0.465 e. The highest BCUT2D eigenvalue weighted by Gasteiger charge is 2.50. The van der Waals surface area contributed by atoms with Crippen molar-refractivity contribution in [1.82, 2.24) is 9.97 Å². The Labute approximate surface area is 200 Å². The molecule has 1 fully saturated rings. The molecule has 9 nitrogen and oxygen atoms in total. The molecule has 1 unspecified atom stereocenters. The molecular formula is C26H23N5O4. The van der Waals surface area contributed by atoms with Gasteiger partial charge in [-0.05, 0) is 49.2 Å². The Morgan fingerprint density at radius 1 is 1.00 bits per heavy atom. The normalized spacial score (nSPS) is 19.4. The first kappa shape index (κ1) is 21.2. The van der Waals surface area contributed by atoms with Gasteiger partial charge in [0.15, 0.2) is 5.72 Å². The molecule has 4 aromatic rings. The molecule has 2 aliphatic rings. The van der Waals surface area contributed by atoms with Crippen LogP contribution in [-0.4, -0.2) is 45.3 Å². The number of carbonyl (C=O) groups is 2. The molecular weight excluding hydrogens is 446 g/mol. The Hall–Kier alpha value is -4.37. The van der Waals surface area contributed by atoms with Crippen molar-refractivity contribution < 1.29 is 19.8 Å². The van der Waals surface area contributed by atoms with Crippen LogP contribution in [0.3, 0.4) is 0 Å². The van der Waals surface area contributed by atoms with Crippen LogP contribution in [0.1, 0.15) is 34.3 Å². The van der Waals surface area contributed by atoms with Crippen molar-refractivity contribution in [2.45, 2.75) is 18.6 Å². The van der Waals surface area contributed by atoms with Crippen LogP contribution in [0, 0.1) is 0 Å². The number of hydrogen-bond acceptors (Lipinski definition) is 5. The number of fused-ring (bicyclic) bond motifs is 2. The van der Waals surface area contributed by atoms with Gasteiger partial charge in [-0.3, -0.25) is 15.0 Å². The number of anilines is 3.